The van der Waals surface area contributed by atoms with Crippen LogP contribution in [0.2, 0.25) is 0 Å². The molecule has 1 aliphatic rings. The zero-order valence-corrected chi connectivity index (χ0v) is 12.6. The average Bonchev–Trinajstić information content (AvgIpc) is 3.09. The Morgan fingerprint density at radius 3 is 2.62 bits per heavy atom. The van der Waals surface area contributed by atoms with Crippen molar-refractivity contribution in [3.63, 3.8) is 0 Å². The summed E-state index contributed by atoms with van der Waals surface area (Å²) in [5, 5.41) is 5.69. The van der Waals surface area contributed by atoms with E-state index < -0.39 is 0 Å². The van der Waals surface area contributed by atoms with Crippen LogP contribution in [0.3, 0.4) is 0 Å². The Kier molecular flexibility index (Phi) is 5.38. The highest BCUT2D eigenvalue weighted by atomic mass is 16.3. The van der Waals surface area contributed by atoms with Crippen molar-refractivity contribution in [3.8, 4) is 0 Å². The first-order valence-corrected chi connectivity index (χ1v) is 7.30. The number of rotatable bonds is 8. The first kappa shape index (κ1) is 15.6. The van der Waals surface area contributed by atoms with Crippen LogP contribution in [0, 0.1) is 11.8 Å². The van der Waals surface area contributed by atoms with Crippen LogP contribution in [0.25, 0.3) is 0 Å². The van der Waals surface area contributed by atoms with Gasteiger partial charge >= 0.3 is 0 Å². The lowest BCUT2D eigenvalue weighted by atomic mass is 10.2. The van der Waals surface area contributed by atoms with Crippen LogP contribution in [0.5, 0.6) is 0 Å². The summed E-state index contributed by atoms with van der Waals surface area (Å²) in [4.78, 5) is 25.8. The van der Waals surface area contributed by atoms with Gasteiger partial charge in [0.25, 0.3) is 0 Å². The minimum absolute atomic E-state index is 0.00750. The third-order valence-corrected chi connectivity index (χ3v) is 3.56. The fourth-order valence-corrected chi connectivity index (χ4v) is 2.23. The number of hydrogen-bond acceptors (Lipinski definition) is 4. The average molecular weight is 293 g/mol. The van der Waals surface area contributed by atoms with E-state index in [2.05, 4.69) is 15.5 Å². The molecule has 1 aromatic rings. The van der Waals surface area contributed by atoms with E-state index in [4.69, 9.17) is 4.42 Å². The van der Waals surface area contributed by atoms with Crippen molar-refractivity contribution >= 4 is 11.8 Å². The van der Waals surface area contributed by atoms with Gasteiger partial charge in [0.1, 0.15) is 5.76 Å². The van der Waals surface area contributed by atoms with Crippen molar-refractivity contribution in [2.45, 2.75) is 19.4 Å². The van der Waals surface area contributed by atoms with E-state index in [9.17, 15) is 9.59 Å². The SMILES string of the molecule is CN(C)CCCNC(=O)C1CC1C(=O)NCc1ccco1. The molecule has 2 N–H and O–H groups in total. The molecule has 2 atom stereocenters. The highest BCUT2D eigenvalue weighted by Gasteiger charge is 2.47. The molecule has 1 aromatic heterocycles. The molecular formula is C15H23N3O3. The van der Waals surface area contributed by atoms with Crippen LogP contribution < -0.4 is 10.6 Å². The molecule has 0 aliphatic heterocycles. The lowest BCUT2D eigenvalue weighted by Crippen LogP contribution is -2.31. The van der Waals surface area contributed by atoms with Crippen molar-refractivity contribution < 1.29 is 14.0 Å². The van der Waals surface area contributed by atoms with E-state index in [1.54, 1.807) is 12.3 Å². The Hall–Kier alpha value is -1.82. The van der Waals surface area contributed by atoms with Crippen LogP contribution in [0.1, 0.15) is 18.6 Å². The predicted octanol–water partition coefficient (Wildman–Crippen LogP) is 0.600. The number of amides is 2. The topological polar surface area (TPSA) is 74.6 Å². The summed E-state index contributed by atoms with van der Waals surface area (Å²) < 4.78 is 5.15. The van der Waals surface area contributed by atoms with Crippen LogP contribution in [-0.4, -0.2) is 43.9 Å². The van der Waals surface area contributed by atoms with Crippen molar-refractivity contribution in [1.29, 1.82) is 0 Å². The molecule has 6 heteroatoms. The molecule has 0 saturated heterocycles. The molecule has 0 aromatic carbocycles. The molecule has 2 unspecified atom stereocenters. The lowest BCUT2D eigenvalue weighted by molar-refractivity contribution is -0.127. The van der Waals surface area contributed by atoms with Gasteiger partial charge in [0.05, 0.1) is 24.6 Å². The Labute approximate surface area is 124 Å². The first-order valence-electron chi connectivity index (χ1n) is 7.30. The van der Waals surface area contributed by atoms with Crippen LogP contribution in [0.4, 0.5) is 0 Å². The van der Waals surface area contributed by atoms with Gasteiger partial charge in [0.15, 0.2) is 0 Å². The third-order valence-electron chi connectivity index (χ3n) is 3.56. The second kappa shape index (κ2) is 7.26. The van der Waals surface area contributed by atoms with Gasteiger partial charge in [-0.2, -0.15) is 0 Å². The zero-order chi connectivity index (χ0) is 15.2. The molecular weight excluding hydrogens is 270 g/mol. The van der Waals surface area contributed by atoms with E-state index in [-0.39, 0.29) is 23.7 Å². The van der Waals surface area contributed by atoms with Gasteiger partial charge in [0, 0.05) is 6.54 Å². The van der Waals surface area contributed by atoms with Crippen LogP contribution >= 0.6 is 0 Å². The predicted molar refractivity (Wildman–Crippen MR) is 78.3 cm³/mol. The summed E-state index contributed by atoms with van der Waals surface area (Å²) in [6.45, 7) is 1.98. The molecule has 1 saturated carbocycles. The number of nitrogens with zero attached hydrogens (tertiary/aromatic N) is 1. The maximum atomic E-state index is 11.9. The zero-order valence-electron chi connectivity index (χ0n) is 12.6. The number of furan rings is 1. The second-order valence-electron chi connectivity index (χ2n) is 5.69. The van der Waals surface area contributed by atoms with Crippen molar-refractivity contribution in [1.82, 2.24) is 15.5 Å². The van der Waals surface area contributed by atoms with Gasteiger partial charge in [0.2, 0.25) is 11.8 Å². The monoisotopic (exact) mass is 293 g/mol. The Balaban J connectivity index is 1.61. The number of carbonyl (C=O) groups is 2. The molecule has 0 spiro atoms. The van der Waals surface area contributed by atoms with E-state index >= 15 is 0 Å². The molecule has 21 heavy (non-hydrogen) atoms. The van der Waals surface area contributed by atoms with E-state index in [0.29, 0.717) is 25.3 Å². The quantitative estimate of drug-likeness (QED) is 0.688. The molecule has 1 aliphatic carbocycles. The van der Waals surface area contributed by atoms with Gasteiger partial charge in [-0.05, 0) is 45.6 Å². The maximum absolute atomic E-state index is 11.9. The minimum atomic E-state index is -0.186. The van der Waals surface area contributed by atoms with Crippen molar-refractivity contribution in [2.24, 2.45) is 11.8 Å². The maximum Gasteiger partial charge on any atom is 0.224 e. The summed E-state index contributed by atoms with van der Waals surface area (Å²) in [5.74, 6) is 0.287. The Morgan fingerprint density at radius 2 is 2.00 bits per heavy atom. The summed E-state index contributed by atoms with van der Waals surface area (Å²) in [7, 11) is 4.00. The highest BCUT2D eigenvalue weighted by molar-refractivity contribution is 5.92. The van der Waals surface area contributed by atoms with Crippen molar-refractivity contribution in [3.05, 3.63) is 24.2 Å². The fourth-order valence-electron chi connectivity index (χ4n) is 2.23. The second-order valence-corrected chi connectivity index (χ2v) is 5.69. The van der Waals surface area contributed by atoms with Gasteiger partial charge < -0.3 is 20.0 Å². The standard InChI is InChI=1S/C15H23N3O3/c1-18(2)7-4-6-16-14(19)12-9-13(12)15(20)17-10-11-5-3-8-21-11/h3,5,8,12-13H,4,6-7,9-10H2,1-2H3,(H,16,19)(H,17,20). The molecule has 0 radical (unpaired) electrons. The van der Waals surface area contributed by atoms with Gasteiger partial charge in [-0.15, -0.1) is 0 Å². The molecule has 6 nitrogen and oxygen atoms in total. The smallest absolute Gasteiger partial charge is 0.224 e. The molecule has 2 amide bonds. The van der Waals surface area contributed by atoms with Gasteiger partial charge in [-0.1, -0.05) is 0 Å². The number of hydrogen-bond donors (Lipinski definition) is 2. The fraction of sp³-hybridized carbons (Fsp3) is 0.600. The largest absolute Gasteiger partial charge is 0.467 e. The highest BCUT2D eigenvalue weighted by Crippen LogP contribution is 2.38. The lowest BCUT2D eigenvalue weighted by Gasteiger charge is -2.09. The van der Waals surface area contributed by atoms with Gasteiger partial charge in [-0.25, -0.2) is 0 Å². The Bertz CT molecular complexity index is 471. The summed E-state index contributed by atoms with van der Waals surface area (Å²) in [5.41, 5.74) is 0. The summed E-state index contributed by atoms with van der Waals surface area (Å²) >= 11 is 0. The normalized spacial score (nSPS) is 20.3. The number of nitrogens with one attached hydrogen (secondary N) is 2. The van der Waals surface area contributed by atoms with E-state index in [1.807, 2.05) is 20.2 Å². The summed E-state index contributed by atoms with van der Waals surface area (Å²) in [6.07, 6.45) is 3.13. The molecule has 116 valence electrons. The summed E-state index contributed by atoms with van der Waals surface area (Å²) in [6, 6.07) is 3.59. The Morgan fingerprint density at radius 1 is 1.29 bits per heavy atom. The molecule has 2 rings (SSSR count). The van der Waals surface area contributed by atoms with E-state index in [1.165, 1.54) is 0 Å². The molecule has 1 heterocycles. The van der Waals surface area contributed by atoms with Crippen LogP contribution in [0.15, 0.2) is 22.8 Å². The van der Waals surface area contributed by atoms with E-state index in [0.717, 1.165) is 13.0 Å². The van der Waals surface area contributed by atoms with Crippen molar-refractivity contribution in [2.75, 3.05) is 27.2 Å². The molecule has 1 fully saturated rings. The number of carbonyl (C=O) groups excluding carboxylic acids is 2. The minimum Gasteiger partial charge on any atom is -0.467 e. The van der Waals surface area contributed by atoms with Gasteiger partial charge in [-0.3, -0.25) is 9.59 Å². The molecule has 0 bridgehead atoms. The third kappa shape index (κ3) is 4.90. The first-order chi connectivity index (χ1) is 10.1. The van der Waals surface area contributed by atoms with Crippen LogP contribution in [-0.2, 0) is 16.1 Å².